The molecule has 2 aromatic carbocycles. The number of nitrogens with one attached hydrogen (secondary N) is 2. The SMILES string of the molecule is CCC1CCC/C1=N\NC(=O)c1ccc(NC(=O)c2ccccc2C)cc1. The lowest BCUT2D eigenvalue weighted by atomic mass is 10.0. The smallest absolute Gasteiger partial charge is 0.271 e. The number of aryl methyl sites for hydroxylation is 1. The number of anilines is 1. The molecule has 0 bridgehead atoms. The van der Waals surface area contributed by atoms with Gasteiger partial charge in [0.05, 0.1) is 0 Å². The summed E-state index contributed by atoms with van der Waals surface area (Å²) in [5, 5.41) is 7.18. The normalized spacial score (nSPS) is 17.7. The second kappa shape index (κ2) is 8.62. The van der Waals surface area contributed by atoms with E-state index in [9.17, 15) is 9.59 Å². The summed E-state index contributed by atoms with van der Waals surface area (Å²) in [5.41, 5.74) is 6.47. The van der Waals surface area contributed by atoms with Gasteiger partial charge in [0, 0.05) is 22.5 Å². The second-order valence-electron chi connectivity index (χ2n) is 6.89. The van der Waals surface area contributed by atoms with Crippen LogP contribution in [0.1, 0.15) is 58.9 Å². The van der Waals surface area contributed by atoms with Crippen LogP contribution in [0.4, 0.5) is 5.69 Å². The molecule has 2 amide bonds. The highest BCUT2D eigenvalue weighted by Gasteiger charge is 2.21. The minimum absolute atomic E-state index is 0.163. The maximum atomic E-state index is 12.4. The maximum Gasteiger partial charge on any atom is 0.271 e. The van der Waals surface area contributed by atoms with Crippen LogP contribution in [-0.4, -0.2) is 17.5 Å². The summed E-state index contributed by atoms with van der Waals surface area (Å²) in [6, 6.07) is 14.3. The summed E-state index contributed by atoms with van der Waals surface area (Å²) in [4.78, 5) is 24.6. The van der Waals surface area contributed by atoms with Crippen molar-refractivity contribution in [1.29, 1.82) is 0 Å². The first-order valence-electron chi connectivity index (χ1n) is 9.42. The van der Waals surface area contributed by atoms with Crippen molar-refractivity contribution in [1.82, 2.24) is 5.43 Å². The summed E-state index contributed by atoms with van der Waals surface area (Å²) in [6.45, 7) is 4.05. The van der Waals surface area contributed by atoms with E-state index in [0.29, 0.717) is 22.7 Å². The number of carbonyl (C=O) groups excluding carboxylic acids is 2. The highest BCUT2D eigenvalue weighted by molar-refractivity contribution is 6.05. The van der Waals surface area contributed by atoms with Crippen molar-refractivity contribution >= 4 is 23.2 Å². The molecular weight excluding hydrogens is 338 g/mol. The van der Waals surface area contributed by atoms with Gasteiger partial charge >= 0.3 is 0 Å². The van der Waals surface area contributed by atoms with E-state index in [2.05, 4.69) is 22.8 Å². The zero-order chi connectivity index (χ0) is 19.2. The number of carbonyl (C=O) groups is 2. The number of amides is 2. The molecule has 5 nitrogen and oxygen atoms in total. The van der Waals surface area contributed by atoms with Gasteiger partial charge in [-0.1, -0.05) is 25.1 Å². The lowest BCUT2D eigenvalue weighted by Crippen LogP contribution is -2.21. The van der Waals surface area contributed by atoms with Gasteiger partial charge in [0.25, 0.3) is 11.8 Å². The first-order valence-corrected chi connectivity index (χ1v) is 9.42. The number of hydrazone groups is 1. The first kappa shape index (κ1) is 18.8. The molecule has 3 rings (SSSR count). The van der Waals surface area contributed by atoms with E-state index < -0.39 is 0 Å². The van der Waals surface area contributed by atoms with Gasteiger partial charge in [-0.05, 0) is 74.4 Å². The van der Waals surface area contributed by atoms with Gasteiger partial charge in [-0.25, -0.2) is 5.43 Å². The number of hydrogen-bond donors (Lipinski definition) is 2. The molecule has 0 heterocycles. The lowest BCUT2D eigenvalue weighted by molar-refractivity contribution is 0.0954. The van der Waals surface area contributed by atoms with E-state index >= 15 is 0 Å². The Hall–Kier alpha value is -2.95. The molecule has 0 aliphatic heterocycles. The average Bonchev–Trinajstić information content (AvgIpc) is 3.14. The van der Waals surface area contributed by atoms with Gasteiger partial charge in [-0.3, -0.25) is 9.59 Å². The fraction of sp³-hybridized carbons (Fsp3) is 0.318. The standard InChI is InChI=1S/C22H25N3O2/c1-3-16-8-6-10-20(16)24-25-21(26)17-11-13-18(14-12-17)23-22(27)19-9-5-4-7-15(19)2/h4-5,7,9,11-14,16H,3,6,8,10H2,1-2H3,(H,23,27)(H,25,26)/b24-20+. The van der Waals surface area contributed by atoms with Crippen molar-refractivity contribution in [3.05, 3.63) is 65.2 Å². The van der Waals surface area contributed by atoms with Crippen molar-refractivity contribution in [2.24, 2.45) is 11.0 Å². The summed E-state index contributed by atoms with van der Waals surface area (Å²) < 4.78 is 0. The van der Waals surface area contributed by atoms with E-state index in [1.165, 1.54) is 0 Å². The number of rotatable bonds is 5. The Bertz CT molecular complexity index is 856. The Labute approximate surface area is 159 Å². The molecule has 1 atom stereocenters. The minimum Gasteiger partial charge on any atom is -0.322 e. The third-order valence-corrected chi connectivity index (χ3v) is 5.05. The Balaban J connectivity index is 1.61. The Kier molecular flexibility index (Phi) is 6.01. The fourth-order valence-electron chi connectivity index (χ4n) is 3.41. The van der Waals surface area contributed by atoms with Crippen molar-refractivity contribution in [3.63, 3.8) is 0 Å². The van der Waals surface area contributed by atoms with Gasteiger partial charge < -0.3 is 5.32 Å². The third-order valence-electron chi connectivity index (χ3n) is 5.05. The molecule has 0 spiro atoms. The topological polar surface area (TPSA) is 70.6 Å². The molecule has 27 heavy (non-hydrogen) atoms. The van der Waals surface area contributed by atoms with Crippen LogP contribution < -0.4 is 10.7 Å². The number of hydrogen-bond acceptors (Lipinski definition) is 3. The van der Waals surface area contributed by atoms with E-state index in [1.807, 2.05) is 25.1 Å². The molecule has 1 fully saturated rings. The molecule has 0 aromatic heterocycles. The third kappa shape index (κ3) is 4.61. The number of nitrogens with zero attached hydrogens (tertiary/aromatic N) is 1. The van der Waals surface area contributed by atoms with Crippen LogP contribution in [-0.2, 0) is 0 Å². The minimum atomic E-state index is -0.235. The average molecular weight is 363 g/mol. The molecule has 2 aromatic rings. The summed E-state index contributed by atoms with van der Waals surface area (Å²) in [6.07, 6.45) is 4.32. The molecule has 2 N–H and O–H groups in total. The Morgan fingerprint density at radius 2 is 1.81 bits per heavy atom. The summed E-state index contributed by atoms with van der Waals surface area (Å²) >= 11 is 0. The van der Waals surface area contributed by atoms with Gasteiger partial charge in [-0.15, -0.1) is 0 Å². The summed E-state index contributed by atoms with van der Waals surface area (Å²) in [5.74, 6) is 0.0916. The van der Waals surface area contributed by atoms with Gasteiger partial charge in [-0.2, -0.15) is 5.10 Å². The van der Waals surface area contributed by atoms with Gasteiger partial charge in [0.1, 0.15) is 0 Å². The van der Waals surface area contributed by atoms with Crippen molar-refractivity contribution in [3.8, 4) is 0 Å². The second-order valence-corrected chi connectivity index (χ2v) is 6.89. The van der Waals surface area contributed by atoms with Crippen molar-refractivity contribution in [2.75, 3.05) is 5.32 Å². The largest absolute Gasteiger partial charge is 0.322 e. The fourth-order valence-corrected chi connectivity index (χ4v) is 3.41. The van der Waals surface area contributed by atoms with Crippen LogP contribution in [0.25, 0.3) is 0 Å². The highest BCUT2D eigenvalue weighted by atomic mass is 16.2. The van der Waals surface area contributed by atoms with E-state index in [0.717, 1.165) is 37.0 Å². The van der Waals surface area contributed by atoms with Crippen LogP contribution in [0.2, 0.25) is 0 Å². The van der Waals surface area contributed by atoms with Crippen LogP contribution in [0.3, 0.4) is 0 Å². The quantitative estimate of drug-likeness (QED) is 0.766. The molecular formula is C22H25N3O2. The molecule has 0 saturated heterocycles. The molecule has 140 valence electrons. The lowest BCUT2D eigenvalue weighted by Gasteiger charge is -2.09. The molecule has 0 radical (unpaired) electrons. The zero-order valence-corrected chi connectivity index (χ0v) is 15.8. The molecule has 1 aliphatic rings. The van der Waals surface area contributed by atoms with E-state index in [1.54, 1.807) is 30.3 Å². The van der Waals surface area contributed by atoms with Crippen LogP contribution >= 0.6 is 0 Å². The molecule has 1 saturated carbocycles. The molecule has 1 unspecified atom stereocenters. The highest BCUT2D eigenvalue weighted by Crippen LogP contribution is 2.25. The van der Waals surface area contributed by atoms with Crippen LogP contribution in [0.5, 0.6) is 0 Å². The Morgan fingerprint density at radius 3 is 2.52 bits per heavy atom. The maximum absolute atomic E-state index is 12.4. The summed E-state index contributed by atoms with van der Waals surface area (Å²) in [7, 11) is 0. The monoisotopic (exact) mass is 363 g/mol. The predicted octanol–water partition coefficient (Wildman–Crippen LogP) is 4.54. The number of benzene rings is 2. The zero-order valence-electron chi connectivity index (χ0n) is 15.8. The molecule has 1 aliphatic carbocycles. The van der Waals surface area contributed by atoms with Crippen molar-refractivity contribution < 1.29 is 9.59 Å². The van der Waals surface area contributed by atoms with Gasteiger partial charge in [0.15, 0.2) is 0 Å². The predicted molar refractivity (Wildman–Crippen MR) is 108 cm³/mol. The molecule has 5 heteroatoms. The van der Waals surface area contributed by atoms with Crippen molar-refractivity contribution in [2.45, 2.75) is 39.5 Å². The first-order chi connectivity index (χ1) is 13.1. The van der Waals surface area contributed by atoms with E-state index in [-0.39, 0.29) is 11.8 Å². The van der Waals surface area contributed by atoms with E-state index in [4.69, 9.17) is 0 Å². The van der Waals surface area contributed by atoms with Gasteiger partial charge in [0.2, 0.25) is 0 Å². The van der Waals surface area contributed by atoms with Crippen LogP contribution in [0, 0.1) is 12.8 Å². The Morgan fingerprint density at radius 1 is 1.07 bits per heavy atom. The van der Waals surface area contributed by atoms with Crippen LogP contribution in [0.15, 0.2) is 53.6 Å².